The normalized spacial score (nSPS) is 12.0. The zero-order valence-electron chi connectivity index (χ0n) is 28.2. The van der Waals surface area contributed by atoms with Crippen LogP contribution in [0.3, 0.4) is 0 Å². The molecule has 0 saturated carbocycles. The van der Waals surface area contributed by atoms with Gasteiger partial charge in [0.15, 0.2) is 0 Å². The number of benzene rings is 2. The van der Waals surface area contributed by atoms with Crippen molar-refractivity contribution in [1.29, 1.82) is 0 Å². The molecule has 248 valence electrons. The standard InChI is InChI=1S/C38H49NO7/c1-27(2)13-11-9-7-8-10-12-24-43-34-23-20-32(26-39-34)29-14-16-30(17-15-29)37(42)45-33-21-18-31(19-22-33)36(41)44-28(3)25-35(40)46-38(4,5)6/h14-23,26-28H,7-13,24-25H2,1-6H3/t28-/m1/s1. The topological polar surface area (TPSA) is 101 Å². The van der Waals surface area contributed by atoms with Gasteiger partial charge in [0, 0.05) is 17.8 Å². The summed E-state index contributed by atoms with van der Waals surface area (Å²) in [5.74, 6) is 0.137. The Morgan fingerprint density at radius 3 is 1.91 bits per heavy atom. The zero-order chi connectivity index (χ0) is 33.5. The third kappa shape index (κ3) is 13.4. The van der Waals surface area contributed by atoms with E-state index in [0.717, 1.165) is 23.5 Å². The third-order valence-electron chi connectivity index (χ3n) is 7.10. The molecule has 0 N–H and O–H groups in total. The maximum absolute atomic E-state index is 12.7. The molecule has 8 heteroatoms. The lowest BCUT2D eigenvalue weighted by Crippen LogP contribution is -2.27. The molecule has 0 radical (unpaired) electrons. The fraction of sp³-hybridized carbons (Fsp3) is 0.474. The van der Waals surface area contributed by atoms with Crippen molar-refractivity contribution < 1.29 is 33.3 Å². The van der Waals surface area contributed by atoms with E-state index in [4.69, 9.17) is 18.9 Å². The Labute approximate surface area is 273 Å². The second-order valence-electron chi connectivity index (χ2n) is 13.0. The molecule has 0 unspecified atom stereocenters. The number of hydrogen-bond acceptors (Lipinski definition) is 8. The Hall–Kier alpha value is -4.20. The number of esters is 3. The average molecular weight is 632 g/mol. The second kappa shape index (κ2) is 18.1. The van der Waals surface area contributed by atoms with Crippen molar-refractivity contribution >= 4 is 17.9 Å². The lowest BCUT2D eigenvalue weighted by molar-refractivity contribution is -0.156. The molecule has 1 atom stereocenters. The van der Waals surface area contributed by atoms with Gasteiger partial charge in [0.2, 0.25) is 5.88 Å². The van der Waals surface area contributed by atoms with E-state index in [2.05, 4.69) is 18.8 Å². The fourth-order valence-electron chi connectivity index (χ4n) is 4.71. The number of hydrogen-bond donors (Lipinski definition) is 0. The van der Waals surface area contributed by atoms with Crippen LogP contribution in [0.2, 0.25) is 0 Å². The molecule has 2 aromatic carbocycles. The first-order chi connectivity index (χ1) is 21.9. The molecular formula is C38H49NO7. The molecule has 0 saturated heterocycles. The van der Waals surface area contributed by atoms with E-state index in [-0.39, 0.29) is 17.7 Å². The number of nitrogens with zero attached hydrogens (tertiary/aromatic N) is 1. The molecule has 0 amide bonds. The van der Waals surface area contributed by atoms with Crippen LogP contribution in [-0.4, -0.2) is 41.2 Å². The van der Waals surface area contributed by atoms with Crippen molar-refractivity contribution in [2.75, 3.05) is 6.61 Å². The summed E-state index contributed by atoms with van der Waals surface area (Å²) in [6.07, 6.45) is 9.77. The van der Waals surface area contributed by atoms with Crippen LogP contribution in [0.15, 0.2) is 66.9 Å². The number of carbonyl (C=O) groups excluding carboxylic acids is 3. The van der Waals surface area contributed by atoms with E-state index >= 15 is 0 Å². The lowest BCUT2D eigenvalue weighted by atomic mass is 10.0. The Morgan fingerprint density at radius 1 is 0.717 bits per heavy atom. The van der Waals surface area contributed by atoms with Gasteiger partial charge in [-0.15, -0.1) is 0 Å². The highest BCUT2D eigenvalue weighted by Crippen LogP contribution is 2.23. The molecule has 0 aliphatic carbocycles. The van der Waals surface area contributed by atoms with Crippen LogP contribution < -0.4 is 9.47 Å². The van der Waals surface area contributed by atoms with Gasteiger partial charge in [-0.3, -0.25) is 4.79 Å². The monoisotopic (exact) mass is 631 g/mol. The van der Waals surface area contributed by atoms with Gasteiger partial charge in [0.05, 0.1) is 24.2 Å². The van der Waals surface area contributed by atoms with Gasteiger partial charge < -0.3 is 18.9 Å². The number of pyridine rings is 1. The maximum atomic E-state index is 12.7. The Kier molecular flexibility index (Phi) is 14.2. The van der Waals surface area contributed by atoms with Crippen molar-refractivity contribution in [2.24, 2.45) is 5.92 Å². The smallest absolute Gasteiger partial charge is 0.343 e. The van der Waals surface area contributed by atoms with Crippen LogP contribution in [0.5, 0.6) is 11.6 Å². The summed E-state index contributed by atoms with van der Waals surface area (Å²) in [6, 6.07) is 16.9. The van der Waals surface area contributed by atoms with E-state index in [9.17, 15) is 14.4 Å². The predicted molar refractivity (Wildman–Crippen MR) is 179 cm³/mol. The van der Waals surface area contributed by atoms with E-state index < -0.39 is 29.6 Å². The number of carbonyl (C=O) groups is 3. The first-order valence-corrected chi connectivity index (χ1v) is 16.3. The van der Waals surface area contributed by atoms with Crippen LogP contribution >= 0.6 is 0 Å². The van der Waals surface area contributed by atoms with Crippen molar-refractivity contribution in [3.05, 3.63) is 78.0 Å². The van der Waals surface area contributed by atoms with E-state index in [1.54, 1.807) is 46.0 Å². The molecular weight excluding hydrogens is 582 g/mol. The van der Waals surface area contributed by atoms with E-state index in [0.29, 0.717) is 18.1 Å². The van der Waals surface area contributed by atoms with Crippen LogP contribution in [0.1, 0.15) is 114 Å². The number of ether oxygens (including phenoxy) is 4. The van der Waals surface area contributed by atoms with Crippen molar-refractivity contribution in [3.63, 3.8) is 0 Å². The summed E-state index contributed by atoms with van der Waals surface area (Å²) in [5, 5.41) is 0. The molecule has 1 heterocycles. The molecule has 3 rings (SSSR count). The highest BCUT2D eigenvalue weighted by Gasteiger charge is 2.21. The highest BCUT2D eigenvalue weighted by atomic mass is 16.6. The minimum atomic E-state index is -0.654. The van der Waals surface area contributed by atoms with Crippen LogP contribution in [0, 0.1) is 5.92 Å². The number of rotatable bonds is 17. The summed E-state index contributed by atoms with van der Waals surface area (Å²) in [5.41, 5.74) is 1.87. The summed E-state index contributed by atoms with van der Waals surface area (Å²) >= 11 is 0. The Morgan fingerprint density at radius 2 is 1.30 bits per heavy atom. The Balaban J connectivity index is 1.41. The van der Waals surface area contributed by atoms with Gasteiger partial charge in [-0.05, 0) is 88.1 Å². The fourth-order valence-corrected chi connectivity index (χ4v) is 4.71. The first-order valence-electron chi connectivity index (χ1n) is 16.3. The van der Waals surface area contributed by atoms with Gasteiger partial charge in [-0.1, -0.05) is 64.5 Å². The van der Waals surface area contributed by atoms with Gasteiger partial charge in [-0.2, -0.15) is 0 Å². The van der Waals surface area contributed by atoms with E-state index in [1.807, 2.05) is 24.3 Å². The molecule has 8 nitrogen and oxygen atoms in total. The van der Waals surface area contributed by atoms with Crippen LogP contribution in [-0.2, 0) is 14.3 Å². The van der Waals surface area contributed by atoms with Gasteiger partial charge >= 0.3 is 17.9 Å². The summed E-state index contributed by atoms with van der Waals surface area (Å²) in [6.45, 7) is 12.2. The first kappa shape index (κ1) is 36.3. The minimum Gasteiger partial charge on any atom is -0.478 e. The average Bonchev–Trinajstić information content (AvgIpc) is 2.99. The molecule has 0 aliphatic heterocycles. The summed E-state index contributed by atoms with van der Waals surface area (Å²) in [4.78, 5) is 41.6. The highest BCUT2D eigenvalue weighted by molar-refractivity contribution is 5.92. The molecule has 1 aromatic heterocycles. The Bertz CT molecular complexity index is 1370. The van der Waals surface area contributed by atoms with Gasteiger partial charge in [0.25, 0.3) is 0 Å². The largest absolute Gasteiger partial charge is 0.478 e. The van der Waals surface area contributed by atoms with Crippen LogP contribution in [0.25, 0.3) is 11.1 Å². The lowest BCUT2D eigenvalue weighted by Gasteiger charge is -2.21. The summed E-state index contributed by atoms with van der Waals surface area (Å²) in [7, 11) is 0. The third-order valence-corrected chi connectivity index (χ3v) is 7.10. The predicted octanol–water partition coefficient (Wildman–Crippen LogP) is 9.01. The van der Waals surface area contributed by atoms with Crippen molar-refractivity contribution in [3.8, 4) is 22.8 Å². The van der Waals surface area contributed by atoms with Crippen molar-refractivity contribution in [1.82, 2.24) is 4.98 Å². The van der Waals surface area contributed by atoms with Crippen LogP contribution in [0.4, 0.5) is 0 Å². The molecule has 0 bridgehead atoms. The zero-order valence-corrected chi connectivity index (χ0v) is 28.2. The molecule has 0 fully saturated rings. The van der Waals surface area contributed by atoms with Gasteiger partial charge in [0.1, 0.15) is 17.5 Å². The quantitative estimate of drug-likeness (QED) is 0.0826. The molecule has 0 aliphatic rings. The molecule has 3 aromatic rings. The SMILES string of the molecule is CC(C)CCCCCCCCOc1ccc(-c2ccc(C(=O)Oc3ccc(C(=O)O[C@H](C)CC(=O)OC(C)(C)C)cc3)cc2)cn1. The minimum absolute atomic E-state index is 0.0489. The summed E-state index contributed by atoms with van der Waals surface area (Å²) < 4.78 is 21.9. The maximum Gasteiger partial charge on any atom is 0.343 e. The molecule has 46 heavy (non-hydrogen) atoms. The number of unbranched alkanes of at least 4 members (excludes halogenated alkanes) is 5. The van der Waals surface area contributed by atoms with E-state index in [1.165, 1.54) is 62.8 Å². The van der Waals surface area contributed by atoms with Gasteiger partial charge in [-0.25, -0.2) is 14.6 Å². The van der Waals surface area contributed by atoms with Crippen molar-refractivity contribution in [2.45, 2.75) is 105 Å². The second-order valence-corrected chi connectivity index (χ2v) is 13.0. The molecule has 0 spiro atoms. The number of aromatic nitrogens is 1.